The van der Waals surface area contributed by atoms with Gasteiger partial charge in [0.15, 0.2) is 0 Å². The van der Waals surface area contributed by atoms with Crippen LogP contribution in [0.25, 0.3) is 0 Å². The molecule has 4 rings (SSSR count). The number of hydrogen-bond donors (Lipinski definition) is 1. The van der Waals surface area contributed by atoms with Crippen LogP contribution in [-0.2, 0) is 20.8 Å². The van der Waals surface area contributed by atoms with Gasteiger partial charge in [0.25, 0.3) is 0 Å². The molecule has 162 valence electrons. The largest absolute Gasteiger partial charge is 0.497 e. The van der Waals surface area contributed by atoms with Gasteiger partial charge in [-0.1, -0.05) is 0 Å². The Hall–Kier alpha value is -2.57. The van der Waals surface area contributed by atoms with E-state index in [-0.39, 0.29) is 29.7 Å². The van der Waals surface area contributed by atoms with Gasteiger partial charge < -0.3 is 19.9 Å². The first-order valence-corrected chi connectivity index (χ1v) is 11.1. The summed E-state index contributed by atoms with van der Waals surface area (Å²) in [5.41, 5.74) is 1.89. The van der Waals surface area contributed by atoms with Gasteiger partial charge in [-0.05, 0) is 62.3 Å². The Balaban J connectivity index is 1.41. The minimum absolute atomic E-state index is 0.0000280. The van der Waals surface area contributed by atoms with E-state index in [0.717, 1.165) is 49.2 Å². The van der Waals surface area contributed by atoms with Crippen LogP contribution < -0.4 is 10.1 Å². The zero-order chi connectivity index (χ0) is 21.1. The summed E-state index contributed by atoms with van der Waals surface area (Å²) < 4.78 is 5.34. The van der Waals surface area contributed by atoms with Crippen molar-refractivity contribution >= 4 is 23.4 Å². The van der Waals surface area contributed by atoms with Crippen molar-refractivity contribution in [2.24, 2.45) is 5.92 Å². The van der Waals surface area contributed by atoms with Crippen LogP contribution in [0.2, 0.25) is 0 Å². The van der Waals surface area contributed by atoms with Crippen molar-refractivity contribution in [2.45, 2.75) is 57.4 Å². The molecule has 7 nitrogen and oxygen atoms in total. The standard InChI is InChI=1S/C23H31N3O4/c1-30-17-9-10-19-16(14-17)15-18(23(29)24-19)20-6-2-3-13-26(20)22(28)8-5-12-25-11-4-7-21(25)27/h9-10,14,18,20H,2-8,11-13,15H2,1H3,(H,24,29). The molecule has 3 aliphatic heterocycles. The first-order chi connectivity index (χ1) is 14.6. The molecule has 3 aliphatic rings. The van der Waals surface area contributed by atoms with Gasteiger partial charge in [0, 0.05) is 44.2 Å². The number of piperidine rings is 1. The van der Waals surface area contributed by atoms with Crippen molar-refractivity contribution in [1.82, 2.24) is 9.80 Å². The van der Waals surface area contributed by atoms with Crippen LogP contribution in [0.15, 0.2) is 18.2 Å². The zero-order valence-electron chi connectivity index (χ0n) is 17.7. The SMILES string of the molecule is COc1ccc2c(c1)CC(C1CCCCN1C(=O)CCCN1CCCC1=O)C(=O)N2. The number of carbonyl (C=O) groups excluding carboxylic acids is 3. The molecule has 0 aliphatic carbocycles. The third-order valence-electron chi connectivity index (χ3n) is 6.67. The van der Waals surface area contributed by atoms with E-state index < -0.39 is 0 Å². The maximum absolute atomic E-state index is 13.0. The van der Waals surface area contributed by atoms with Crippen molar-refractivity contribution in [2.75, 3.05) is 32.1 Å². The number of ether oxygens (including phenoxy) is 1. The normalized spacial score (nSPS) is 23.9. The summed E-state index contributed by atoms with van der Waals surface area (Å²) in [6, 6.07) is 5.63. The fourth-order valence-corrected chi connectivity index (χ4v) is 5.04. The molecule has 0 bridgehead atoms. The van der Waals surface area contributed by atoms with Crippen molar-refractivity contribution in [3.05, 3.63) is 23.8 Å². The molecule has 1 aromatic carbocycles. The summed E-state index contributed by atoms with van der Waals surface area (Å²) >= 11 is 0. The highest BCUT2D eigenvalue weighted by Gasteiger charge is 2.39. The predicted octanol–water partition coefficient (Wildman–Crippen LogP) is 2.59. The molecule has 0 saturated carbocycles. The topological polar surface area (TPSA) is 79.0 Å². The Morgan fingerprint density at radius 1 is 1.20 bits per heavy atom. The molecule has 3 amide bonds. The van der Waals surface area contributed by atoms with E-state index in [1.54, 1.807) is 7.11 Å². The van der Waals surface area contributed by atoms with Crippen molar-refractivity contribution in [3.63, 3.8) is 0 Å². The quantitative estimate of drug-likeness (QED) is 0.778. The Morgan fingerprint density at radius 3 is 2.83 bits per heavy atom. The molecule has 3 heterocycles. The van der Waals surface area contributed by atoms with Gasteiger partial charge in [-0.3, -0.25) is 14.4 Å². The van der Waals surface area contributed by atoms with Crippen molar-refractivity contribution in [1.29, 1.82) is 0 Å². The molecular weight excluding hydrogens is 382 g/mol. The second kappa shape index (κ2) is 9.06. The van der Waals surface area contributed by atoms with E-state index in [0.29, 0.717) is 38.8 Å². The molecule has 1 N–H and O–H groups in total. The van der Waals surface area contributed by atoms with Crippen LogP contribution in [0.5, 0.6) is 5.75 Å². The van der Waals surface area contributed by atoms with E-state index in [1.165, 1.54) is 0 Å². The Bertz CT molecular complexity index is 825. The van der Waals surface area contributed by atoms with Gasteiger partial charge in [-0.15, -0.1) is 0 Å². The summed E-state index contributed by atoms with van der Waals surface area (Å²) in [5.74, 6) is 0.840. The lowest BCUT2D eigenvalue weighted by atomic mass is 9.82. The number of anilines is 1. The molecule has 2 saturated heterocycles. The van der Waals surface area contributed by atoms with Crippen molar-refractivity contribution < 1.29 is 19.1 Å². The summed E-state index contributed by atoms with van der Waals surface area (Å²) in [7, 11) is 1.64. The van der Waals surface area contributed by atoms with Gasteiger partial charge in [0.05, 0.1) is 13.0 Å². The molecule has 2 unspecified atom stereocenters. The van der Waals surface area contributed by atoms with Crippen LogP contribution in [0.1, 0.15) is 50.5 Å². The number of nitrogens with one attached hydrogen (secondary N) is 1. The van der Waals surface area contributed by atoms with Gasteiger partial charge in [-0.25, -0.2) is 0 Å². The number of rotatable bonds is 6. The summed E-state index contributed by atoms with van der Waals surface area (Å²) in [4.78, 5) is 41.5. The predicted molar refractivity (Wildman–Crippen MR) is 113 cm³/mol. The average molecular weight is 414 g/mol. The fraction of sp³-hybridized carbons (Fsp3) is 0.609. The molecule has 0 spiro atoms. The first-order valence-electron chi connectivity index (χ1n) is 11.1. The number of methoxy groups -OCH3 is 1. The molecule has 1 aromatic rings. The number of likely N-dealkylation sites (tertiary alicyclic amines) is 2. The van der Waals surface area contributed by atoms with Crippen LogP contribution in [0.3, 0.4) is 0 Å². The van der Waals surface area contributed by atoms with Crippen LogP contribution >= 0.6 is 0 Å². The first kappa shape index (κ1) is 20.7. The third-order valence-corrected chi connectivity index (χ3v) is 6.67. The van der Waals surface area contributed by atoms with Crippen molar-refractivity contribution in [3.8, 4) is 5.75 Å². The molecule has 7 heteroatoms. The Labute approximate surface area is 177 Å². The number of hydrogen-bond acceptors (Lipinski definition) is 4. The Kier molecular flexibility index (Phi) is 6.25. The fourth-order valence-electron chi connectivity index (χ4n) is 5.04. The van der Waals surface area contributed by atoms with Gasteiger partial charge in [0.1, 0.15) is 5.75 Å². The van der Waals surface area contributed by atoms with E-state index in [2.05, 4.69) is 5.32 Å². The van der Waals surface area contributed by atoms with E-state index in [9.17, 15) is 14.4 Å². The van der Waals surface area contributed by atoms with Crippen LogP contribution in [0, 0.1) is 5.92 Å². The second-order valence-corrected chi connectivity index (χ2v) is 8.56. The monoisotopic (exact) mass is 413 g/mol. The van der Waals surface area contributed by atoms with Crippen LogP contribution in [-0.4, -0.2) is 60.3 Å². The van der Waals surface area contributed by atoms with E-state index >= 15 is 0 Å². The molecule has 0 radical (unpaired) electrons. The lowest BCUT2D eigenvalue weighted by molar-refractivity contribution is -0.139. The zero-order valence-corrected chi connectivity index (χ0v) is 17.7. The highest BCUT2D eigenvalue weighted by atomic mass is 16.5. The lowest BCUT2D eigenvalue weighted by Crippen LogP contribution is -2.52. The van der Waals surface area contributed by atoms with E-state index in [1.807, 2.05) is 28.0 Å². The number of amides is 3. The van der Waals surface area contributed by atoms with Crippen LogP contribution in [0.4, 0.5) is 5.69 Å². The molecule has 2 fully saturated rings. The molecule has 30 heavy (non-hydrogen) atoms. The van der Waals surface area contributed by atoms with Gasteiger partial charge in [0.2, 0.25) is 17.7 Å². The third kappa shape index (κ3) is 4.30. The second-order valence-electron chi connectivity index (χ2n) is 8.56. The lowest BCUT2D eigenvalue weighted by Gasteiger charge is -2.41. The average Bonchev–Trinajstić information content (AvgIpc) is 3.17. The summed E-state index contributed by atoms with van der Waals surface area (Å²) in [6.45, 7) is 2.17. The number of carbonyl (C=O) groups is 3. The summed E-state index contributed by atoms with van der Waals surface area (Å²) in [5, 5.41) is 3.03. The smallest absolute Gasteiger partial charge is 0.229 e. The number of nitrogens with zero attached hydrogens (tertiary/aromatic N) is 2. The maximum atomic E-state index is 13.0. The number of benzene rings is 1. The highest BCUT2D eigenvalue weighted by molar-refractivity contribution is 5.96. The molecule has 0 aromatic heterocycles. The Morgan fingerprint density at radius 2 is 2.07 bits per heavy atom. The van der Waals surface area contributed by atoms with E-state index in [4.69, 9.17) is 4.74 Å². The summed E-state index contributed by atoms with van der Waals surface area (Å²) in [6.07, 6.45) is 6.15. The van der Waals surface area contributed by atoms with Gasteiger partial charge in [-0.2, -0.15) is 0 Å². The number of fused-ring (bicyclic) bond motifs is 1. The highest BCUT2D eigenvalue weighted by Crippen LogP contribution is 2.34. The minimum atomic E-state index is -0.242. The molecular formula is C23H31N3O4. The molecule has 2 atom stereocenters. The minimum Gasteiger partial charge on any atom is -0.497 e. The maximum Gasteiger partial charge on any atom is 0.229 e. The van der Waals surface area contributed by atoms with Gasteiger partial charge >= 0.3 is 0 Å².